The van der Waals surface area contributed by atoms with Crippen molar-refractivity contribution in [3.63, 3.8) is 0 Å². The van der Waals surface area contributed by atoms with Crippen LogP contribution in [0.25, 0.3) is 0 Å². The maximum absolute atomic E-state index is 13.7. The molecule has 0 aliphatic carbocycles. The summed E-state index contributed by atoms with van der Waals surface area (Å²) in [5, 5.41) is 11.9. The molecule has 0 saturated heterocycles. The third-order valence-electron chi connectivity index (χ3n) is 3.04. The molecule has 0 aliphatic rings. The Kier molecular flexibility index (Phi) is 4.62. The van der Waals surface area contributed by atoms with Crippen LogP contribution in [-0.2, 0) is 6.54 Å². The highest BCUT2D eigenvalue weighted by molar-refractivity contribution is 5.55. The molecule has 0 heterocycles. The Balaban J connectivity index is 2.15. The van der Waals surface area contributed by atoms with Gasteiger partial charge in [-0.1, -0.05) is 0 Å². The highest BCUT2D eigenvalue weighted by Gasteiger charge is 2.06. The Morgan fingerprint density at radius 1 is 1.10 bits per heavy atom. The first kappa shape index (κ1) is 14.7. The number of nitrogens with zero attached hydrogens (tertiary/aromatic N) is 1. The van der Waals surface area contributed by atoms with Gasteiger partial charge in [0.05, 0.1) is 25.9 Å². The Morgan fingerprint density at radius 3 is 2.52 bits per heavy atom. The number of halogens is 1. The first-order valence-corrected chi connectivity index (χ1v) is 6.32. The summed E-state index contributed by atoms with van der Waals surface area (Å²) in [5.74, 6) is 0.872. The second kappa shape index (κ2) is 6.62. The zero-order valence-corrected chi connectivity index (χ0v) is 11.8. The molecule has 108 valence electrons. The Labute approximate surface area is 122 Å². The fourth-order valence-corrected chi connectivity index (χ4v) is 1.92. The molecule has 2 aromatic rings. The number of anilines is 1. The van der Waals surface area contributed by atoms with E-state index < -0.39 is 0 Å². The summed E-state index contributed by atoms with van der Waals surface area (Å²) in [6.45, 7) is 0.275. The highest BCUT2D eigenvalue weighted by Crippen LogP contribution is 2.30. The van der Waals surface area contributed by atoms with Crippen molar-refractivity contribution in [1.82, 2.24) is 0 Å². The van der Waals surface area contributed by atoms with E-state index in [1.807, 2.05) is 12.1 Å². The summed E-state index contributed by atoms with van der Waals surface area (Å²) in [5.41, 5.74) is 1.64. The van der Waals surface area contributed by atoms with E-state index in [2.05, 4.69) is 5.32 Å². The lowest BCUT2D eigenvalue weighted by atomic mass is 10.1. The summed E-state index contributed by atoms with van der Waals surface area (Å²) >= 11 is 0. The average Bonchev–Trinajstić information content (AvgIpc) is 2.53. The number of ether oxygens (including phenoxy) is 2. The largest absolute Gasteiger partial charge is 0.493 e. The number of nitriles is 1. The van der Waals surface area contributed by atoms with E-state index >= 15 is 0 Å². The number of benzene rings is 2. The molecule has 2 rings (SSSR count). The Hall–Kier alpha value is -2.74. The molecule has 0 aromatic heterocycles. The van der Waals surface area contributed by atoms with E-state index in [1.54, 1.807) is 26.4 Å². The minimum absolute atomic E-state index is 0.275. The number of rotatable bonds is 5. The third kappa shape index (κ3) is 3.42. The van der Waals surface area contributed by atoms with Crippen LogP contribution in [0.4, 0.5) is 10.1 Å². The van der Waals surface area contributed by atoms with Crippen LogP contribution in [-0.4, -0.2) is 14.2 Å². The molecule has 0 bridgehead atoms. The molecule has 0 unspecified atom stereocenters. The average molecular weight is 286 g/mol. The van der Waals surface area contributed by atoms with Crippen LogP contribution in [0.15, 0.2) is 36.4 Å². The van der Waals surface area contributed by atoms with Gasteiger partial charge >= 0.3 is 0 Å². The van der Waals surface area contributed by atoms with Gasteiger partial charge in [0.15, 0.2) is 11.5 Å². The van der Waals surface area contributed by atoms with E-state index in [0.717, 1.165) is 5.69 Å². The molecule has 0 atom stereocenters. The van der Waals surface area contributed by atoms with E-state index in [0.29, 0.717) is 22.6 Å². The van der Waals surface area contributed by atoms with Gasteiger partial charge in [-0.3, -0.25) is 0 Å². The van der Waals surface area contributed by atoms with Crippen LogP contribution in [0.2, 0.25) is 0 Å². The van der Waals surface area contributed by atoms with Crippen molar-refractivity contribution in [2.45, 2.75) is 6.54 Å². The third-order valence-corrected chi connectivity index (χ3v) is 3.04. The van der Waals surface area contributed by atoms with Crippen molar-refractivity contribution >= 4 is 5.69 Å². The van der Waals surface area contributed by atoms with Crippen molar-refractivity contribution in [2.24, 2.45) is 0 Å². The van der Waals surface area contributed by atoms with Crippen molar-refractivity contribution in [2.75, 3.05) is 19.5 Å². The number of nitrogens with one attached hydrogen (secondary N) is 1. The fourth-order valence-electron chi connectivity index (χ4n) is 1.92. The van der Waals surface area contributed by atoms with Crippen molar-refractivity contribution in [3.8, 4) is 17.6 Å². The van der Waals surface area contributed by atoms with Crippen molar-refractivity contribution in [3.05, 3.63) is 53.3 Å². The highest BCUT2D eigenvalue weighted by atomic mass is 19.1. The molecule has 5 heteroatoms. The summed E-state index contributed by atoms with van der Waals surface area (Å²) in [4.78, 5) is 0. The van der Waals surface area contributed by atoms with Crippen LogP contribution in [0.5, 0.6) is 11.5 Å². The second-order valence-corrected chi connectivity index (χ2v) is 4.34. The van der Waals surface area contributed by atoms with E-state index in [-0.39, 0.29) is 12.4 Å². The van der Waals surface area contributed by atoms with Crippen LogP contribution in [0.3, 0.4) is 0 Å². The van der Waals surface area contributed by atoms with Gasteiger partial charge in [-0.05, 0) is 30.3 Å². The van der Waals surface area contributed by atoms with Crippen LogP contribution in [0, 0.1) is 17.1 Å². The molecule has 21 heavy (non-hydrogen) atoms. The number of methoxy groups -OCH3 is 2. The number of hydrogen-bond donors (Lipinski definition) is 1. The fraction of sp³-hybridized carbons (Fsp3) is 0.188. The lowest BCUT2D eigenvalue weighted by Gasteiger charge is -2.11. The smallest absolute Gasteiger partial charge is 0.162 e. The van der Waals surface area contributed by atoms with E-state index in [9.17, 15) is 4.39 Å². The second-order valence-electron chi connectivity index (χ2n) is 4.34. The normalized spacial score (nSPS) is 9.81. The van der Waals surface area contributed by atoms with Crippen LogP contribution in [0.1, 0.15) is 11.1 Å². The minimum atomic E-state index is -0.345. The predicted octanol–water partition coefficient (Wildman–Crippen LogP) is 3.33. The minimum Gasteiger partial charge on any atom is -0.493 e. The van der Waals surface area contributed by atoms with Crippen LogP contribution >= 0.6 is 0 Å². The van der Waals surface area contributed by atoms with Gasteiger partial charge in [0, 0.05) is 23.9 Å². The first-order valence-electron chi connectivity index (χ1n) is 6.32. The molecule has 0 aliphatic heterocycles. The van der Waals surface area contributed by atoms with E-state index in [4.69, 9.17) is 14.7 Å². The van der Waals surface area contributed by atoms with Crippen LogP contribution < -0.4 is 14.8 Å². The molecule has 4 nitrogen and oxygen atoms in total. The molecule has 0 radical (unpaired) electrons. The molecular formula is C16H15FN2O2. The topological polar surface area (TPSA) is 54.3 Å². The lowest BCUT2D eigenvalue weighted by Crippen LogP contribution is -2.03. The number of hydrogen-bond acceptors (Lipinski definition) is 4. The summed E-state index contributed by atoms with van der Waals surface area (Å²) < 4.78 is 24.0. The quantitative estimate of drug-likeness (QED) is 0.916. The van der Waals surface area contributed by atoms with Gasteiger partial charge in [0.1, 0.15) is 5.82 Å². The summed E-state index contributed by atoms with van der Waals surface area (Å²) in [7, 11) is 3.12. The monoisotopic (exact) mass is 286 g/mol. The molecule has 2 aromatic carbocycles. The Bertz CT molecular complexity index is 680. The summed E-state index contributed by atoms with van der Waals surface area (Å²) in [6, 6.07) is 11.6. The maximum atomic E-state index is 13.7. The molecule has 0 amide bonds. The van der Waals surface area contributed by atoms with Gasteiger partial charge < -0.3 is 14.8 Å². The zero-order chi connectivity index (χ0) is 15.2. The predicted molar refractivity (Wildman–Crippen MR) is 78.0 cm³/mol. The van der Waals surface area contributed by atoms with E-state index in [1.165, 1.54) is 18.2 Å². The van der Waals surface area contributed by atoms with Crippen molar-refractivity contribution in [1.29, 1.82) is 5.26 Å². The van der Waals surface area contributed by atoms with Gasteiger partial charge in [-0.25, -0.2) is 4.39 Å². The summed E-state index contributed by atoms with van der Waals surface area (Å²) in [6.07, 6.45) is 0. The molecule has 1 N–H and O–H groups in total. The molecular weight excluding hydrogens is 271 g/mol. The van der Waals surface area contributed by atoms with Crippen molar-refractivity contribution < 1.29 is 13.9 Å². The Morgan fingerprint density at radius 2 is 1.86 bits per heavy atom. The lowest BCUT2D eigenvalue weighted by molar-refractivity contribution is 0.355. The van der Waals surface area contributed by atoms with Gasteiger partial charge in [0.2, 0.25) is 0 Å². The maximum Gasteiger partial charge on any atom is 0.162 e. The first-order chi connectivity index (χ1) is 10.2. The van der Waals surface area contributed by atoms with Gasteiger partial charge in [-0.15, -0.1) is 0 Å². The SMILES string of the molecule is COc1ccc(NCc2cc(C#N)ccc2F)cc1OC. The molecule has 0 fully saturated rings. The van der Waals surface area contributed by atoms with Gasteiger partial charge in [-0.2, -0.15) is 5.26 Å². The molecule has 0 spiro atoms. The van der Waals surface area contributed by atoms with Gasteiger partial charge in [0.25, 0.3) is 0 Å². The zero-order valence-electron chi connectivity index (χ0n) is 11.8. The standard InChI is InChI=1S/C16H15FN2O2/c1-20-15-6-4-13(8-16(15)21-2)19-10-12-7-11(9-18)3-5-14(12)17/h3-8,19H,10H2,1-2H3. The molecule has 0 saturated carbocycles.